The van der Waals surface area contributed by atoms with Gasteiger partial charge in [0.15, 0.2) is 0 Å². The number of hydrogen-bond acceptors (Lipinski definition) is 2. The minimum Gasteiger partial charge on any atom is -0.368 e. The number of carbonyl (C=O) groups excluding carboxylic acids is 1. The van der Waals surface area contributed by atoms with Gasteiger partial charge in [-0.1, -0.05) is 0 Å². The fourth-order valence-electron chi connectivity index (χ4n) is 2.00. The lowest BCUT2D eigenvalue weighted by atomic mass is 10.1. The lowest BCUT2D eigenvalue weighted by Gasteiger charge is -2.35. The van der Waals surface area contributed by atoms with Gasteiger partial charge < -0.3 is 9.80 Å². The fourth-order valence-corrected chi connectivity index (χ4v) is 2.17. The standard InChI is InChI=1S/C12H12ClF3N2O/c13-11(19)18-7-5-17(6-8-18)10-3-1-9(2-4-10)12(14,15)16/h1-4H,5-8H2. The van der Waals surface area contributed by atoms with E-state index in [0.717, 1.165) is 17.8 Å². The minimum atomic E-state index is -4.32. The summed E-state index contributed by atoms with van der Waals surface area (Å²) in [5.41, 5.74) is 0.0560. The molecule has 0 saturated carbocycles. The molecular formula is C12H12ClF3N2O. The summed E-state index contributed by atoms with van der Waals surface area (Å²) >= 11 is 5.36. The third kappa shape index (κ3) is 3.32. The summed E-state index contributed by atoms with van der Waals surface area (Å²) in [5.74, 6) is 0. The number of hydrogen-bond donors (Lipinski definition) is 0. The zero-order valence-corrected chi connectivity index (χ0v) is 10.7. The Morgan fingerprint density at radius 1 is 1.05 bits per heavy atom. The molecule has 1 aromatic rings. The number of benzene rings is 1. The van der Waals surface area contributed by atoms with Gasteiger partial charge in [-0.2, -0.15) is 13.2 Å². The van der Waals surface area contributed by atoms with Crippen LogP contribution in [0.5, 0.6) is 0 Å². The number of carbonyl (C=O) groups is 1. The third-order valence-electron chi connectivity index (χ3n) is 3.09. The molecule has 0 radical (unpaired) electrons. The Kier molecular flexibility index (Phi) is 3.89. The van der Waals surface area contributed by atoms with E-state index in [-0.39, 0.29) is 0 Å². The van der Waals surface area contributed by atoms with Gasteiger partial charge >= 0.3 is 11.5 Å². The van der Waals surface area contributed by atoms with Crippen molar-refractivity contribution in [2.24, 2.45) is 0 Å². The topological polar surface area (TPSA) is 23.6 Å². The lowest BCUT2D eigenvalue weighted by Crippen LogP contribution is -2.47. The molecule has 1 aromatic carbocycles. The third-order valence-corrected chi connectivity index (χ3v) is 3.33. The molecule has 2 rings (SSSR count). The Morgan fingerprint density at radius 3 is 2.00 bits per heavy atom. The van der Waals surface area contributed by atoms with Gasteiger partial charge in [0.25, 0.3) is 0 Å². The van der Waals surface area contributed by atoms with Crippen LogP contribution in [-0.2, 0) is 6.18 Å². The molecule has 0 aliphatic carbocycles. The highest BCUT2D eigenvalue weighted by Crippen LogP contribution is 2.30. The summed E-state index contributed by atoms with van der Waals surface area (Å²) in [5, 5.41) is -0.493. The van der Waals surface area contributed by atoms with Crippen LogP contribution in [0, 0.1) is 0 Å². The van der Waals surface area contributed by atoms with Crippen LogP contribution < -0.4 is 4.90 Å². The molecule has 1 fully saturated rings. The molecule has 0 spiro atoms. The van der Waals surface area contributed by atoms with E-state index < -0.39 is 17.1 Å². The van der Waals surface area contributed by atoms with Crippen molar-refractivity contribution in [2.75, 3.05) is 31.1 Å². The second-order valence-electron chi connectivity index (χ2n) is 4.27. The Balaban J connectivity index is 2.02. The van der Waals surface area contributed by atoms with Gasteiger partial charge in [-0.25, -0.2) is 0 Å². The number of amides is 1. The van der Waals surface area contributed by atoms with Gasteiger partial charge in [-0.15, -0.1) is 0 Å². The summed E-state index contributed by atoms with van der Waals surface area (Å²) in [6.07, 6.45) is -4.32. The molecule has 1 saturated heterocycles. The largest absolute Gasteiger partial charge is 0.416 e. The van der Waals surface area contributed by atoms with Crippen LogP contribution >= 0.6 is 11.6 Å². The van der Waals surface area contributed by atoms with Gasteiger partial charge in [0.1, 0.15) is 0 Å². The first-order valence-corrected chi connectivity index (χ1v) is 6.12. The number of nitrogens with zero attached hydrogens (tertiary/aromatic N) is 2. The molecule has 104 valence electrons. The number of anilines is 1. The average Bonchev–Trinajstić information content (AvgIpc) is 2.38. The number of alkyl halides is 3. The summed E-state index contributed by atoms with van der Waals surface area (Å²) in [7, 11) is 0. The fraction of sp³-hybridized carbons (Fsp3) is 0.417. The van der Waals surface area contributed by atoms with E-state index in [9.17, 15) is 18.0 Å². The van der Waals surface area contributed by atoms with Crippen LogP contribution in [0.4, 0.5) is 23.7 Å². The second kappa shape index (κ2) is 5.28. The first-order chi connectivity index (χ1) is 8.88. The number of halogens is 4. The van der Waals surface area contributed by atoms with Crippen LogP contribution in [0.25, 0.3) is 0 Å². The van der Waals surface area contributed by atoms with Crippen molar-refractivity contribution in [3.05, 3.63) is 29.8 Å². The predicted molar refractivity (Wildman–Crippen MR) is 66.5 cm³/mol. The quantitative estimate of drug-likeness (QED) is 0.586. The summed E-state index contributed by atoms with van der Waals surface area (Å²) < 4.78 is 37.3. The van der Waals surface area contributed by atoms with Gasteiger partial charge in [-0.3, -0.25) is 4.79 Å². The molecule has 1 heterocycles. The molecule has 0 aromatic heterocycles. The van der Waals surface area contributed by atoms with E-state index in [1.54, 1.807) is 0 Å². The van der Waals surface area contributed by atoms with Crippen LogP contribution in [-0.4, -0.2) is 36.4 Å². The molecule has 1 amide bonds. The van der Waals surface area contributed by atoms with Gasteiger partial charge in [0.2, 0.25) is 0 Å². The van der Waals surface area contributed by atoms with E-state index in [2.05, 4.69) is 0 Å². The maximum atomic E-state index is 12.4. The van der Waals surface area contributed by atoms with Gasteiger partial charge in [-0.05, 0) is 35.9 Å². The SMILES string of the molecule is O=C(Cl)N1CCN(c2ccc(C(F)(F)F)cc2)CC1. The normalized spacial score (nSPS) is 16.6. The maximum absolute atomic E-state index is 12.4. The molecular weight excluding hydrogens is 281 g/mol. The van der Waals surface area contributed by atoms with E-state index in [1.165, 1.54) is 17.0 Å². The van der Waals surface area contributed by atoms with E-state index in [4.69, 9.17) is 11.6 Å². The monoisotopic (exact) mass is 292 g/mol. The van der Waals surface area contributed by atoms with Crippen molar-refractivity contribution in [3.63, 3.8) is 0 Å². The van der Waals surface area contributed by atoms with Crippen LogP contribution in [0.2, 0.25) is 0 Å². The van der Waals surface area contributed by atoms with E-state index >= 15 is 0 Å². The molecule has 1 aliphatic rings. The zero-order valence-electron chi connectivity index (χ0n) is 9.95. The lowest BCUT2D eigenvalue weighted by molar-refractivity contribution is -0.137. The molecule has 0 bridgehead atoms. The molecule has 19 heavy (non-hydrogen) atoms. The average molecular weight is 293 g/mol. The van der Waals surface area contributed by atoms with Gasteiger partial charge in [0.05, 0.1) is 5.56 Å². The first-order valence-electron chi connectivity index (χ1n) is 5.74. The van der Waals surface area contributed by atoms with E-state index in [0.29, 0.717) is 26.2 Å². The van der Waals surface area contributed by atoms with Crippen molar-refractivity contribution in [1.29, 1.82) is 0 Å². The highest BCUT2D eigenvalue weighted by atomic mass is 35.5. The van der Waals surface area contributed by atoms with Crippen LogP contribution in [0.3, 0.4) is 0 Å². The number of piperazine rings is 1. The molecule has 1 aliphatic heterocycles. The minimum absolute atomic E-state index is 0.476. The predicted octanol–water partition coefficient (Wildman–Crippen LogP) is 3.19. The van der Waals surface area contributed by atoms with Crippen LogP contribution in [0.15, 0.2) is 24.3 Å². The van der Waals surface area contributed by atoms with E-state index in [1.807, 2.05) is 4.90 Å². The smallest absolute Gasteiger partial charge is 0.368 e. The second-order valence-corrected chi connectivity index (χ2v) is 4.60. The Hall–Kier alpha value is -1.43. The van der Waals surface area contributed by atoms with Crippen molar-refractivity contribution < 1.29 is 18.0 Å². The Morgan fingerprint density at radius 2 is 1.58 bits per heavy atom. The maximum Gasteiger partial charge on any atom is 0.416 e. The molecule has 0 atom stereocenters. The van der Waals surface area contributed by atoms with Crippen molar-refractivity contribution in [2.45, 2.75) is 6.18 Å². The van der Waals surface area contributed by atoms with Crippen molar-refractivity contribution in [3.8, 4) is 0 Å². The summed E-state index contributed by atoms with van der Waals surface area (Å²) in [6.45, 7) is 2.07. The van der Waals surface area contributed by atoms with Crippen molar-refractivity contribution in [1.82, 2.24) is 4.90 Å². The summed E-state index contributed by atoms with van der Waals surface area (Å²) in [6, 6.07) is 5.02. The van der Waals surface area contributed by atoms with Crippen LogP contribution in [0.1, 0.15) is 5.56 Å². The zero-order chi connectivity index (χ0) is 14.0. The molecule has 0 unspecified atom stereocenters. The summed E-state index contributed by atoms with van der Waals surface area (Å²) in [4.78, 5) is 14.4. The molecule has 0 N–H and O–H groups in total. The highest BCUT2D eigenvalue weighted by Gasteiger charge is 2.30. The Labute approximate surface area is 113 Å². The Bertz CT molecular complexity index is 453. The highest BCUT2D eigenvalue weighted by molar-refractivity contribution is 6.62. The first kappa shape index (κ1) is 14.0. The molecule has 7 heteroatoms. The van der Waals surface area contributed by atoms with Crippen molar-refractivity contribution >= 4 is 22.7 Å². The molecule has 3 nitrogen and oxygen atoms in total. The van der Waals surface area contributed by atoms with Gasteiger partial charge in [0, 0.05) is 31.9 Å². The number of rotatable bonds is 1.